The van der Waals surface area contributed by atoms with E-state index in [0.717, 1.165) is 38.3 Å². The van der Waals surface area contributed by atoms with Gasteiger partial charge in [-0.3, -0.25) is 4.90 Å². The first-order chi connectivity index (χ1) is 8.40. The van der Waals surface area contributed by atoms with Gasteiger partial charge in [0.15, 0.2) is 0 Å². The molecule has 0 aromatic carbocycles. The van der Waals surface area contributed by atoms with Crippen LogP contribution in [0.4, 0.5) is 0 Å². The summed E-state index contributed by atoms with van der Waals surface area (Å²) in [5.74, 6) is 0.761. The Kier molecular flexibility index (Phi) is 5.75. The molecule has 0 radical (unpaired) electrons. The zero-order valence-corrected chi connectivity index (χ0v) is 11.3. The Hall–Kier alpha value is -0.120. The number of hydrogen-bond acceptors (Lipinski definition) is 3. The molecule has 0 aromatic heterocycles. The van der Waals surface area contributed by atoms with Crippen LogP contribution >= 0.6 is 0 Å². The fourth-order valence-corrected chi connectivity index (χ4v) is 3.14. The Morgan fingerprint density at radius 1 is 1.24 bits per heavy atom. The Bertz CT molecular complexity index is 198. The highest BCUT2D eigenvalue weighted by Crippen LogP contribution is 2.22. The maximum Gasteiger partial charge on any atom is 0.0507 e. The van der Waals surface area contributed by atoms with Crippen molar-refractivity contribution in [2.24, 2.45) is 5.92 Å². The number of likely N-dealkylation sites (N-methyl/N-ethyl adjacent to an activating group) is 1. The molecule has 0 bridgehead atoms. The fraction of sp³-hybridized carbons (Fsp3) is 1.00. The number of hydrogen-bond donors (Lipinski definition) is 1. The van der Waals surface area contributed by atoms with E-state index in [1.54, 1.807) is 0 Å². The third-order valence-corrected chi connectivity index (χ3v) is 4.28. The van der Waals surface area contributed by atoms with Gasteiger partial charge in [0, 0.05) is 32.3 Å². The van der Waals surface area contributed by atoms with E-state index in [1.165, 1.54) is 45.2 Å². The van der Waals surface area contributed by atoms with E-state index in [2.05, 4.69) is 17.1 Å². The van der Waals surface area contributed by atoms with Gasteiger partial charge in [-0.25, -0.2) is 0 Å². The summed E-state index contributed by atoms with van der Waals surface area (Å²) in [6, 6.07) is 0.872. The molecule has 2 fully saturated rings. The first-order valence-electron chi connectivity index (χ1n) is 7.42. The van der Waals surface area contributed by atoms with Gasteiger partial charge >= 0.3 is 0 Å². The van der Waals surface area contributed by atoms with Crippen molar-refractivity contribution < 1.29 is 4.74 Å². The van der Waals surface area contributed by atoms with E-state index < -0.39 is 0 Å². The second kappa shape index (κ2) is 7.34. The van der Waals surface area contributed by atoms with Gasteiger partial charge in [-0.15, -0.1) is 0 Å². The summed E-state index contributed by atoms with van der Waals surface area (Å²) in [7, 11) is 0. The number of nitrogens with one attached hydrogen (secondary N) is 1. The fourth-order valence-electron chi connectivity index (χ4n) is 3.14. The van der Waals surface area contributed by atoms with Crippen molar-refractivity contribution in [2.45, 2.75) is 45.1 Å². The molecule has 1 N–H and O–H groups in total. The molecule has 0 spiro atoms. The lowest BCUT2D eigenvalue weighted by Crippen LogP contribution is -2.39. The molecule has 1 aliphatic heterocycles. The zero-order chi connectivity index (χ0) is 11.9. The summed E-state index contributed by atoms with van der Waals surface area (Å²) in [6.45, 7) is 8.93. The van der Waals surface area contributed by atoms with Crippen LogP contribution in [0.2, 0.25) is 0 Å². The maximum atomic E-state index is 5.39. The molecule has 1 unspecified atom stereocenters. The topological polar surface area (TPSA) is 24.5 Å². The van der Waals surface area contributed by atoms with Gasteiger partial charge in [0.2, 0.25) is 0 Å². The standard InChI is InChI=1S/C14H28N2O/c1-2-16(14-5-3-4-6-14)9-8-15-11-13-7-10-17-12-13/h13-15H,2-12H2,1H3. The summed E-state index contributed by atoms with van der Waals surface area (Å²) >= 11 is 0. The Morgan fingerprint density at radius 2 is 2.06 bits per heavy atom. The predicted molar refractivity (Wildman–Crippen MR) is 71.3 cm³/mol. The number of rotatable bonds is 7. The van der Waals surface area contributed by atoms with E-state index in [1.807, 2.05) is 0 Å². The molecular weight excluding hydrogens is 212 g/mol. The van der Waals surface area contributed by atoms with Gasteiger partial charge in [-0.2, -0.15) is 0 Å². The molecule has 2 rings (SSSR count). The van der Waals surface area contributed by atoms with Crippen LogP contribution in [0, 0.1) is 5.92 Å². The first-order valence-corrected chi connectivity index (χ1v) is 7.42. The largest absolute Gasteiger partial charge is 0.381 e. The minimum atomic E-state index is 0.761. The summed E-state index contributed by atoms with van der Waals surface area (Å²) < 4.78 is 5.39. The lowest BCUT2D eigenvalue weighted by atomic mass is 10.1. The van der Waals surface area contributed by atoms with Crippen molar-refractivity contribution in [1.82, 2.24) is 10.2 Å². The smallest absolute Gasteiger partial charge is 0.0507 e. The Labute approximate surface area is 106 Å². The van der Waals surface area contributed by atoms with Crippen molar-refractivity contribution in [3.8, 4) is 0 Å². The zero-order valence-electron chi connectivity index (χ0n) is 11.3. The molecule has 1 atom stereocenters. The van der Waals surface area contributed by atoms with Crippen molar-refractivity contribution in [3.63, 3.8) is 0 Å². The van der Waals surface area contributed by atoms with Gasteiger partial charge < -0.3 is 10.1 Å². The third kappa shape index (κ3) is 4.23. The summed E-state index contributed by atoms with van der Waals surface area (Å²) in [4.78, 5) is 2.66. The minimum Gasteiger partial charge on any atom is -0.381 e. The first kappa shape index (κ1) is 13.3. The predicted octanol–water partition coefficient (Wildman–Crippen LogP) is 1.88. The van der Waals surface area contributed by atoms with Crippen molar-refractivity contribution >= 4 is 0 Å². The summed E-state index contributed by atoms with van der Waals surface area (Å²) in [5.41, 5.74) is 0. The lowest BCUT2D eigenvalue weighted by Gasteiger charge is -2.27. The average molecular weight is 240 g/mol. The van der Waals surface area contributed by atoms with E-state index in [9.17, 15) is 0 Å². The quantitative estimate of drug-likeness (QED) is 0.688. The molecule has 1 heterocycles. The second-order valence-electron chi connectivity index (χ2n) is 5.50. The van der Waals surface area contributed by atoms with Gasteiger partial charge in [-0.05, 0) is 31.7 Å². The van der Waals surface area contributed by atoms with Crippen LogP contribution in [-0.4, -0.2) is 50.3 Å². The molecule has 17 heavy (non-hydrogen) atoms. The van der Waals surface area contributed by atoms with Crippen LogP contribution < -0.4 is 5.32 Å². The summed E-state index contributed by atoms with van der Waals surface area (Å²) in [5, 5.41) is 3.59. The summed E-state index contributed by atoms with van der Waals surface area (Å²) in [6.07, 6.45) is 6.96. The van der Waals surface area contributed by atoms with Crippen LogP contribution in [-0.2, 0) is 4.74 Å². The van der Waals surface area contributed by atoms with Crippen LogP contribution in [0.3, 0.4) is 0 Å². The van der Waals surface area contributed by atoms with Gasteiger partial charge in [0.05, 0.1) is 6.61 Å². The second-order valence-corrected chi connectivity index (χ2v) is 5.50. The van der Waals surface area contributed by atoms with E-state index >= 15 is 0 Å². The highest BCUT2D eigenvalue weighted by molar-refractivity contribution is 4.77. The number of nitrogens with zero attached hydrogens (tertiary/aromatic N) is 1. The highest BCUT2D eigenvalue weighted by Gasteiger charge is 2.21. The van der Waals surface area contributed by atoms with E-state index in [4.69, 9.17) is 4.74 Å². The molecule has 3 heteroatoms. The molecular formula is C14H28N2O. The third-order valence-electron chi connectivity index (χ3n) is 4.28. The highest BCUT2D eigenvalue weighted by atomic mass is 16.5. The Morgan fingerprint density at radius 3 is 2.71 bits per heavy atom. The van der Waals surface area contributed by atoms with Gasteiger partial charge in [-0.1, -0.05) is 19.8 Å². The Balaban J connectivity index is 1.55. The van der Waals surface area contributed by atoms with Crippen LogP contribution in [0.25, 0.3) is 0 Å². The van der Waals surface area contributed by atoms with Crippen LogP contribution in [0.15, 0.2) is 0 Å². The minimum absolute atomic E-state index is 0.761. The van der Waals surface area contributed by atoms with Crippen molar-refractivity contribution in [2.75, 3.05) is 39.4 Å². The molecule has 1 saturated heterocycles. The molecule has 0 aromatic rings. The van der Waals surface area contributed by atoms with Crippen LogP contribution in [0.1, 0.15) is 39.0 Å². The molecule has 1 saturated carbocycles. The van der Waals surface area contributed by atoms with E-state index in [0.29, 0.717) is 0 Å². The number of ether oxygens (including phenoxy) is 1. The SMILES string of the molecule is CCN(CCNCC1CCOC1)C1CCCC1. The van der Waals surface area contributed by atoms with Crippen molar-refractivity contribution in [3.05, 3.63) is 0 Å². The average Bonchev–Trinajstić information content (AvgIpc) is 3.01. The van der Waals surface area contributed by atoms with Gasteiger partial charge in [0.25, 0.3) is 0 Å². The molecule has 0 amide bonds. The maximum absolute atomic E-state index is 5.39. The molecule has 3 nitrogen and oxygen atoms in total. The van der Waals surface area contributed by atoms with Crippen molar-refractivity contribution in [1.29, 1.82) is 0 Å². The normalized spacial score (nSPS) is 26.1. The molecule has 1 aliphatic carbocycles. The van der Waals surface area contributed by atoms with Gasteiger partial charge in [0.1, 0.15) is 0 Å². The molecule has 2 aliphatic rings. The monoisotopic (exact) mass is 240 g/mol. The van der Waals surface area contributed by atoms with Crippen LogP contribution in [0.5, 0.6) is 0 Å². The molecule has 100 valence electrons. The van der Waals surface area contributed by atoms with E-state index in [-0.39, 0.29) is 0 Å². The lowest BCUT2D eigenvalue weighted by molar-refractivity contribution is 0.183.